The van der Waals surface area contributed by atoms with Crippen LogP contribution < -0.4 is 0 Å². The molecule has 1 aromatic rings. The molecular weight excluding hydrogens is 406 g/mol. The minimum Gasteiger partial charge on any atom is -0.198 e. The lowest BCUT2D eigenvalue weighted by atomic mass is 9.71. The van der Waals surface area contributed by atoms with Crippen LogP contribution in [0.25, 0.3) is 5.57 Å². The predicted molar refractivity (Wildman–Crippen MR) is 133 cm³/mol. The van der Waals surface area contributed by atoms with Crippen LogP contribution in [0, 0.1) is 11.8 Å². The van der Waals surface area contributed by atoms with E-state index in [1.54, 1.807) is 0 Å². The van der Waals surface area contributed by atoms with Gasteiger partial charge < -0.3 is 0 Å². The molecule has 0 nitrogen and oxygen atoms in total. The molecule has 0 aliphatic heterocycles. The van der Waals surface area contributed by atoms with Crippen LogP contribution in [0.4, 0.5) is 8.78 Å². The average molecular weight is 447 g/mol. The Hall–Kier alpha value is -1.09. The van der Waals surface area contributed by atoms with E-state index in [0.717, 1.165) is 36.9 Å². The zero-order valence-electron chi connectivity index (χ0n) is 19.2. The van der Waals surface area contributed by atoms with Gasteiger partial charge in [-0.2, -0.15) is 8.78 Å². The van der Waals surface area contributed by atoms with Gasteiger partial charge in [0.1, 0.15) is 0 Å². The molecule has 0 amide bonds. The van der Waals surface area contributed by atoms with Crippen molar-refractivity contribution in [2.24, 2.45) is 11.8 Å². The van der Waals surface area contributed by atoms with E-state index in [-0.39, 0.29) is 0 Å². The number of benzene rings is 1. The zero-order valence-corrected chi connectivity index (χ0v) is 20.0. The number of hydrogen-bond acceptors (Lipinski definition) is 1. The second kappa shape index (κ2) is 12.8. The van der Waals surface area contributed by atoms with Crippen LogP contribution >= 0.6 is 11.8 Å². The molecule has 0 N–H and O–H groups in total. The molecule has 1 saturated carbocycles. The van der Waals surface area contributed by atoms with Crippen molar-refractivity contribution >= 4 is 17.3 Å². The fourth-order valence-corrected chi connectivity index (χ4v) is 6.55. The van der Waals surface area contributed by atoms with Gasteiger partial charge in [-0.25, -0.2) is 0 Å². The highest BCUT2D eigenvalue weighted by atomic mass is 32.2. The third kappa shape index (κ3) is 7.48. The van der Waals surface area contributed by atoms with Crippen LogP contribution in [0.2, 0.25) is 0 Å². The van der Waals surface area contributed by atoms with Crippen molar-refractivity contribution in [3.63, 3.8) is 0 Å². The minimum absolute atomic E-state index is 0.363. The number of rotatable bonds is 12. The maximum atomic E-state index is 13.5. The second-order valence-electron chi connectivity index (χ2n) is 9.52. The van der Waals surface area contributed by atoms with E-state index in [1.165, 1.54) is 75.3 Å². The Morgan fingerprint density at radius 1 is 0.935 bits per heavy atom. The summed E-state index contributed by atoms with van der Waals surface area (Å²) >= 11 is 0.894. The molecule has 1 atom stereocenters. The standard InChI is InChI=1S/C28H40F2S/c1-2-3-4-5-6-7-9-12-23-15-17-26(18-16-23)28(31-27(29)30)21-19-25(20-22-28)24-13-10-8-11-14-24/h8,10-11,13-14,19-21,23,26-27H,2-7,9,12,15-18,22H2,1H3. The molecule has 172 valence electrons. The topological polar surface area (TPSA) is 0 Å². The molecule has 3 heteroatoms. The van der Waals surface area contributed by atoms with Crippen molar-refractivity contribution in [2.75, 3.05) is 0 Å². The Balaban J connectivity index is 1.48. The molecule has 1 fully saturated rings. The number of thioether (sulfide) groups is 1. The SMILES string of the molecule is CCCCCCCCCC1CCC(C2(SC(F)F)C=CC(c3ccccc3)=CC2)CC1. The molecule has 0 spiro atoms. The predicted octanol–water partition coefficient (Wildman–Crippen LogP) is 9.67. The first-order chi connectivity index (χ1) is 15.1. The monoisotopic (exact) mass is 446 g/mol. The number of allylic oxidation sites excluding steroid dienone is 3. The summed E-state index contributed by atoms with van der Waals surface area (Å²) in [4.78, 5) is 0. The summed E-state index contributed by atoms with van der Waals surface area (Å²) in [5.41, 5.74) is 2.34. The Morgan fingerprint density at radius 2 is 1.61 bits per heavy atom. The first-order valence-electron chi connectivity index (χ1n) is 12.5. The molecular formula is C28H40F2S. The maximum absolute atomic E-state index is 13.5. The molecule has 0 bridgehead atoms. The highest BCUT2D eigenvalue weighted by molar-refractivity contribution is 8.01. The first-order valence-corrected chi connectivity index (χ1v) is 13.4. The van der Waals surface area contributed by atoms with Gasteiger partial charge in [-0.3, -0.25) is 0 Å². The molecule has 1 aromatic carbocycles. The van der Waals surface area contributed by atoms with Crippen LogP contribution in [0.5, 0.6) is 0 Å². The van der Waals surface area contributed by atoms with E-state index >= 15 is 0 Å². The second-order valence-corrected chi connectivity index (χ2v) is 10.9. The van der Waals surface area contributed by atoms with Crippen LogP contribution in [-0.4, -0.2) is 10.5 Å². The van der Waals surface area contributed by atoms with E-state index in [0.29, 0.717) is 5.92 Å². The third-order valence-electron chi connectivity index (χ3n) is 7.36. The van der Waals surface area contributed by atoms with Gasteiger partial charge in [0.25, 0.3) is 5.76 Å². The summed E-state index contributed by atoms with van der Waals surface area (Å²) in [6.07, 6.45) is 22.6. The number of unbranched alkanes of at least 4 members (excludes halogenated alkanes) is 6. The molecule has 1 unspecified atom stereocenters. The lowest BCUT2D eigenvalue weighted by molar-refractivity contribution is 0.220. The molecule has 0 saturated heterocycles. The number of alkyl halides is 2. The van der Waals surface area contributed by atoms with Gasteiger partial charge in [-0.15, -0.1) is 0 Å². The van der Waals surface area contributed by atoms with Crippen molar-refractivity contribution in [3.8, 4) is 0 Å². The Labute approximate surface area is 193 Å². The van der Waals surface area contributed by atoms with E-state index in [2.05, 4.69) is 37.3 Å². The molecule has 0 aromatic heterocycles. The van der Waals surface area contributed by atoms with Crippen LogP contribution in [-0.2, 0) is 0 Å². The molecule has 2 aliphatic rings. The Bertz CT molecular complexity index is 688. The van der Waals surface area contributed by atoms with Gasteiger partial charge in [0.15, 0.2) is 0 Å². The van der Waals surface area contributed by atoms with Gasteiger partial charge >= 0.3 is 0 Å². The largest absolute Gasteiger partial charge is 0.285 e. The molecule has 0 heterocycles. The van der Waals surface area contributed by atoms with Gasteiger partial charge in [0.2, 0.25) is 0 Å². The van der Waals surface area contributed by atoms with Crippen molar-refractivity contribution in [3.05, 3.63) is 54.1 Å². The number of hydrogen-bond donors (Lipinski definition) is 0. The van der Waals surface area contributed by atoms with Gasteiger partial charge in [-0.1, -0.05) is 131 Å². The van der Waals surface area contributed by atoms with Crippen LogP contribution in [0.15, 0.2) is 48.6 Å². The van der Waals surface area contributed by atoms with Gasteiger partial charge in [0, 0.05) is 4.75 Å². The smallest absolute Gasteiger partial charge is 0.198 e. The summed E-state index contributed by atoms with van der Waals surface area (Å²) in [6, 6.07) is 10.3. The van der Waals surface area contributed by atoms with E-state index in [1.807, 2.05) is 18.2 Å². The van der Waals surface area contributed by atoms with Crippen LogP contribution in [0.3, 0.4) is 0 Å². The highest BCUT2D eigenvalue weighted by Gasteiger charge is 2.41. The Morgan fingerprint density at radius 3 is 2.23 bits per heavy atom. The van der Waals surface area contributed by atoms with E-state index in [9.17, 15) is 8.78 Å². The lowest BCUT2D eigenvalue weighted by Gasteiger charge is -2.42. The number of halogens is 2. The quantitative estimate of drug-likeness (QED) is 0.288. The summed E-state index contributed by atoms with van der Waals surface area (Å²) in [5, 5.41) is 0. The highest BCUT2D eigenvalue weighted by Crippen LogP contribution is 2.50. The molecule has 0 radical (unpaired) electrons. The fraction of sp³-hybridized carbons (Fsp3) is 0.643. The fourth-order valence-electron chi connectivity index (χ4n) is 5.46. The van der Waals surface area contributed by atoms with E-state index in [4.69, 9.17) is 0 Å². The van der Waals surface area contributed by atoms with Crippen molar-refractivity contribution in [1.29, 1.82) is 0 Å². The van der Waals surface area contributed by atoms with E-state index < -0.39 is 10.5 Å². The molecule has 3 rings (SSSR count). The first kappa shape index (κ1) is 24.6. The summed E-state index contributed by atoms with van der Waals surface area (Å²) in [6.45, 7) is 2.27. The lowest BCUT2D eigenvalue weighted by Crippen LogP contribution is -2.37. The zero-order chi connectivity index (χ0) is 21.9. The normalized spacial score (nSPS) is 26.3. The van der Waals surface area contributed by atoms with Crippen molar-refractivity contribution in [2.45, 2.75) is 101 Å². The maximum Gasteiger partial charge on any atom is 0.285 e. The van der Waals surface area contributed by atoms with Gasteiger partial charge in [-0.05, 0) is 42.2 Å². The van der Waals surface area contributed by atoms with Crippen molar-refractivity contribution in [1.82, 2.24) is 0 Å². The van der Waals surface area contributed by atoms with Gasteiger partial charge in [0.05, 0.1) is 0 Å². The summed E-state index contributed by atoms with van der Waals surface area (Å²) in [7, 11) is 0. The van der Waals surface area contributed by atoms with Crippen LogP contribution in [0.1, 0.15) is 96.0 Å². The Kier molecular flexibility index (Phi) is 10.2. The minimum atomic E-state index is -2.32. The third-order valence-corrected chi connectivity index (χ3v) is 8.61. The molecule has 2 aliphatic carbocycles. The van der Waals surface area contributed by atoms with Crippen molar-refractivity contribution < 1.29 is 8.78 Å². The average Bonchev–Trinajstić information content (AvgIpc) is 2.79. The summed E-state index contributed by atoms with van der Waals surface area (Å²) in [5.74, 6) is -1.15. The molecule has 31 heavy (non-hydrogen) atoms. The summed E-state index contributed by atoms with van der Waals surface area (Å²) < 4.78 is 26.6.